The van der Waals surface area contributed by atoms with E-state index >= 15 is 0 Å². The van der Waals surface area contributed by atoms with Crippen molar-refractivity contribution in [3.63, 3.8) is 0 Å². The lowest BCUT2D eigenvalue weighted by atomic mass is 10.1. The van der Waals surface area contributed by atoms with Crippen LogP contribution in [-0.2, 0) is 11.3 Å². The lowest BCUT2D eigenvalue weighted by Gasteiger charge is -2.11. The van der Waals surface area contributed by atoms with Crippen molar-refractivity contribution in [3.05, 3.63) is 53.7 Å². The first-order valence-electron chi connectivity index (χ1n) is 6.75. The summed E-state index contributed by atoms with van der Waals surface area (Å²) in [6, 6.07) is 6.81. The Kier molecular flexibility index (Phi) is 5.48. The van der Waals surface area contributed by atoms with Crippen LogP contribution in [0.4, 0.5) is 0 Å². The normalized spacial score (nSPS) is 12.1. The van der Waals surface area contributed by atoms with Crippen LogP contribution in [0.3, 0.4) is 0 Å². The Labute approximate surface area is 122 Å². The molecule has 0 aromatic carbocycles. The summed E-state index contributed by atoms with van der Waals surface area (Å²) >= 11 is 0. The number of nitrogens with one attached hydrogen (secondary N) is 1. The van der Waals surface area contributed by atoms with Crippen LogP contribution >= 0.6 is 0 Å². The molecule has 0 amide bonds. The van der Waals surface area contributed by atoms with Gasteiger partial charge in [-0.05, 0) is 36.8 Å². The summed E-state index contributed by atoms with van der Waals surface area (Å²) in [5.74, 6) is 0.323. The summed E-state index contributed by atoms with van der Waals surface area (Å²) in [4.78, 5) is 15.3. The van der Waals surface area contributed by atoms with Crippen LogP contribution in [0.2, 0.25) is 0 Å². The Morgan fingerprint density at radius 1 is 1.38 bits per heavy atom. The summed E-state index contributed by atoms with van der Waals surface area (Å²) < 4.78 is 10.2. The van der Waals surface area contributed by atoms with Crippen LogP contribution in [0.1, 0.15) is 34.9 Å². The van der Waals surface area contributed by atoms with Crippen LogP contribution in [0.5, 0.6) is 0 Å². The molecule has 2 aromatic rings. The quantitative estimate of drug-likeness (QED) is 0.755. The smallest absolute Gasteiger partial charge is 0.374 e. The third-order valence-corrected chi connectivity index (χ3v) is 2.87. The molecular formula is C15H18N2O4. The maximum atomic E-state index is 11.4. The Morgan fingerprint density at radius 2 is 2.14 bits per heavy atom. The first kappa shape index (κ1) is 15.2. The third kappa shape index (κ3) is 4.40. The summed E-state index contributed by atoms with van der Waals surface area (Å²) in [5.41, 5.74) is 0.796. The Morgan fingerprint density at radius 3 is 2.86 bits per heavy atom. The van der Waals surface area contributed by atoms with Gasteiger partial charge in [-0.2, -0.15) is 0 Å². The molecule has 0 bridgehead atoms. The predicted octanol–water partition coefficient (Wildman–Crippen LogP) is 1.67. The molecule has 2 N–H and O–H groups in total. The minimum atomic E-state index is -0.618. The zero-order valence-corrected chi connectivity index (χ0v) is 11.8. The number of aliphatic hydroxyl groups excluding tert-OH is 1. The van der Waals surface area contributed by atoms with Gasteiger partial charge in [-0.3, -0.25) is 4.98 Å². The molecule has 0 radical (unpaired) electrons. The SMILES string of the molecule is CCOC(=O)c1ccc(CNCC(O)c2ccncc2)o1. The number of esters is 1. The highest BCUT2D eigenvalue weighted by molar-refractivity contribution is 5.86. The summed E-state index contributed by atoms with van der Waals surface area (Å²) in [7, 11) is 0. The van der Waals surface area contributed by atoms with Crippen LogP contribution in [0.25, 0.3) is 0 Å². The topological polar surface area (TPSA) is 84.6 Å². The average Bonchev–Trinajstić information content (AvgIpc) is 2.97. The van der Waals surface area contributed by atoms with Gasteiger partial charge in [0, 0.05) is 18.9 Å². The molecule has 0 aliphatic carbocycles. The van der Waals surface area contributed by atoms with E-state index in [0.29, 0.717) is 25.5 Å². The summed E-state index contributed by atoms with van der Waals surface area (Å²) in [6.45, 7) is 2.84. The number of hydrogen-bond acceptors (Lipinski definition) is 6. The number of rotatable bonds is 7. The van der Waals surface area contributed by atoms with Crippen molar-refractivity contribution in [1.29, 1.82) is 0 Å². The lowest BCUT2D eigenvalue weighted by Crippen LogP contribution is -2.20. The number of ether oxygens (including phenoxy) is 1. The molecule has 1 unspecified atom stereocenters. The molecule has 0 spiro atoms. The zero-order chi connectivity index (χ0) is 15.1. The molecule has 21 heavy (non-hydrogen) atoms. The van der Waals surface area contributed by atoms with Crippen LogP contribution in [-0.4, -0.2) is 29.2 Å². The number of carbonyl (C=O) groups is 1. The van der Waals surface area contributed by atoms with Gasteiger partial charge in [-0.15, -0.1) is 0 Å². The molecule has 6 nitrogen and oxygen atoms in total. The molecule has 2 aromatic heterocycles. The largest absolute Gasteiger partial charge is 0.460 e. The monoisotopic (exact) mass is 290 g/mol. The highest BCUT2D eigenvalue weighted by atomic mass is 16.5. The van der Waals surface area contributed by atoms with E-state index in [2.05, 4.69) is 10.3 Å². The number of aromatic nitrogens is 1. The Hall–Kier alpha value is -2.18. The number of carbonyl (C=O) groups excluding carboxylic acids is 1. The molecule has 0 aliphatic heterocycles. The molecule has 2 rings (SSSR count). The number of pyridine rings is 1. The van der Waals surface area contributed by atoms with Gasteiger partial charge in [0.05, 0.1) is 19.3 Å². The predicted molar refractivity (Wildman–Crippen MR) is 75.6 cm³/mol. The van der Waals surface area contributed by atoms with E-state index in [1.807, 2.05) is 0 Å². The van der Waals surface area contributed by atoms with Crippen LogP contribution in [0.15, 0.2) is 41.1 Å². The Bertz CT molecular complexity index is 568. The lowest BCUT2D eigenvalue weighted by molar-refractivity contribution is 0.0487. The van der Waals surface area contributed by atoms with E-state index in [-0.39, 0.29) is 5.76 Å². The van der Waals surface area contributed by atoms with Crippen molar-refractivity contribution in [3.8, 4) is 0 Å². The molecule has 6 heteroatoms. The maximum Gasteiger partial charge on any atom is 0.374 e. The second kappa shape index (κ2) is 7.56. The standard InChI is InChI=1S/C15H18N2O4/c1-2-20-15(19)14-4-3-12(21-14)9-17-10-13(18)11-5-7-16-8-6-11/h3-8,13,17-18H,2,9-10H2,1H3. The van der Waals surface area contributed by atoms with Crippen molar-refractivity contribution in [1.82, 2.24) is 10.3 Å². The molecular weight excluding hydrogens is 272 g/mol. The second-order valence-electron chi connectivity index (χ2n) is 4.41. The fraction of sp³-hybridized carbons (Fsp3) is 0.333. The van der Waals surface area contributed by atoms with Gasteiger partial charge in [0.15, 0.2) is 0 Å². The van der Waals surface area contributed by atoms with E-state index in [1.165, 1.54) is 0 Å². The second-order valence-corrected chi connectivity index (χ2v) is 4.41. The molecule has 2 heterocycles. The van der Waals surface area contributed by atoms with Gasteiger partial charge >= 0.3 is 5.97 Å². The van der Waals surface area contributed by atoms with E-state index in [4.69, 9.17) is 9.15 Å². The van der Waals surface area contributed by atoms with Crippen molar-refractivity contribution < 1.29 is 19.1 Å². The minimum Gasteiger partial charge on any atom is -0.460 e. The van der Waals surface area contributed by atoms with Crippen LogP contribution in [0, 0.1) is 0 Å². The number of hydrogen-bond donors (Lipinski definition) is 2. The summed E-state index contributed by atoms with van der Waals surface area (Å²) in [5, 5.41) is 13.0. The molecule has 0 saturated carbocycles. The highest BCUT2D eigenvalue weighted by Gasteiger charge is 2.12. The zero-order valence-electron chi connectivity index (χ0n) is 11.8. The number of furan rings is 1. The molecule has 0 saturated heterocycles. The summed E-state index contributed by atoms with van der Waals surface area (Å²) in [6.07, 6.45) is 2.65. The van der Waals surface area contributed by atoms with E-state index in [1.54, 1.807) is 43.6 Å². The first-order valence-corrected chi connectivity index (χ1v) is 6.75. The average molecular weight is 290 g/mol. The van der Waals surface area contributed by atoms with Gasteiger partial charge in [0.2, 0.25) is 5.76 Å². The molecule has 1 atom stereocenters. The van der Waals surface area contributed by atoms with E-state index in [0.717, 1.165) is 5.56 Å². The first-order chi connectivity index (χ1) is 10.2. The van der Waals surface area contributed by atoms with Gasteiger partial charge in [0.25, 0.3) is 0 Å². The van der Waals surface area contributed by atoms with Crippen molar-refractivity contribution in [2.75, 3.05) is 13.2 Å². The number of nitrogens with zero attached hydrogens (tertiary/aromatic N) is 1. The molecule has 0 aliphatic rings. The Balaban J connectivity index is 1.80. The van der Waals surface area contributed by atoms with Gasteiger partial charge in [-0.25, -0.2) is 4.79 Å². The van der Waals surface area contributed by atoms with Gasteiger partial charge in [-0.1, -0.05) is 0 Å². The minimum absolute atomic E-state index is 0.184. The highest BCUT2D eigenvalue weighted by Crippen LogP contribution is 2.11. The fourth-order valence-electron chi connectivity index (χ4n) is 1.82. The van der Waals surface area contributed by atoms with E-state index < -0.39 is 12.1 Å². The van der Waals surface area contributed by atoms with Crippen LogP contribution < -0.4 is 5.32 Å². The van der Waals surface area contributed by atoms with Crippen molar-refractivity contribution in [2.45, 2.75) is 19.6 Å². The van der Waals surface area contributed by atoms with Gasteiger partial charge in [0.1, 0.15) is 5.76 Å². The molecule has 0 fully saturated rings. The van der Waals surface area contributed by atoms with Gasteiger partial charge < -0.3 is 19.6 Å². The number of aliphatic hydroxyl groups is 1. The maximum absolute atomic E-state index is 11.4. The fourth-order valence-corrected chi connectivity index (χ4v) is 1.82. The third-order valence-electron chi connectivity index (χ3n) is 2.87. The molecule has 112 valence electrons. The van der Waals surface area contributed by atoms with Crippen molar-refractivity contribution in [2.24, 2.45) is 0 Å². The van der Waals surface area contributed by atoms with Crippen molar-refractivity contribution >= 4 is 5.97 Å². The van der Waals surface area contributed by atoms with E-state index in [9.17, 15) is 9.90 Å².